The summed E-state index contributed by atoms with van der Waals surface area (Å²) in [5, 5.41) is 0. The summed E-state index contributed by atoms with van der Waals surface area (Å²) < 4.78 is 0. The van der Waals surface area contributed by atoms with Gasteiger partial charge in [0.15, 0.2) is 0 Å². The van der Waals surface area contributed by atoms with Crippen LogP contribution in [0.15, 0.2) is 48.6 Å². The first-order chi connectivity index (χ1) is 4.57. The number of hydrogen-bond acceptors (Lipinski definition) is 0. The molecule has 0 aliphatic heterocycles. The number of hydrogen-bond donors (Lipinski definition) is 0. The number of allylic oxidation sites excluding steroid dienone is 5. The fourth-order valence-electron chi connectivity index (χ4n) is 0.623. The minimum absolute atomic E-state index is 0.961. The van der Waals surface area contributed by atoms with E-state index in [2.05, 4.69) is 19.7 Å². The highest BCUT2D eigenvalue weighted by Gasteiger charge is 1.88. The Morgan fingerprint density at radius 1 is 1.20 bits per heavy atom. The molecular weight excluding hydrogens is 120 g/mol. The lowest BCUT2D eigenvalue weighted by Gasteiger charge is -1.97. The van der Waals surface area contributed by atoms with Crippen molar-refractivity contribution in [2.24, 2.45) is 0 Å². The van der Waals surface area contributed by atoms with Gasteiger partial charge in [-0.05, 0) is 25.0 Å². The van der Waals surface area contributed by atoms with E-state index in [1.807, 2.05) is 19.9 Å². The van der Waals surface area contributed by atoms with Crippen LogP contribution in [0.1, 0.15) is 13.8 Å². The summed E-state index contributed by atoms with van der Waals surface area (Å²) in [5.41, 5.74) is 3.13. The molecular formula is C10H14. The molecule has 0 aromatic carbocycles. The largest absolute Gasteiger partial charge is 0.0985 e. The average molecular weight is 134 g/mol. The minimum atomic E-state index is 0.961. The molecule has 0 rings (SSSR count). The van der Waals surface area contributed by atoms with Crippen LogP contribution in [0.2, 0.25) is 0 Å². The van der Waals surface area contributed by atoms with Crippen LogP contribution in [0.3, 0.4) is 0 Å². The fraction of sp³-hybridized carbons (Fsp3) is 0.200. The standard InChI is InChI=1S/C10H14/c1-6-9(4)10(5)7-8(2)3/h6-7H,1-2,4H2,3,5H3/b10-7-. The van der Waals surface area contributed by atoms with E-state index in [9.17, 15) is 0 Å². The zero-order chi connectivity index (χ0) is 8.15. The van der Waals surface area contributed by atoms with Crippen molar-refractivity contribution in [3.8, 4) is 0 Å². The fourth-order valence-corrected chi connectivity index (χ4v) is 0.623. The Morgan fingerprint density at radius 2 is 1.70 bits per heavy atom. The Morgan fingerprint density at radius 3 is 2.00 bits per heavy atom. The summed E-state index contributed by atoms with van der Waals surface area (Å²) >= 11 is 0. The molecule has 0 fully saturated rings. The third-order valence-electron chi connectivity index (χ3n) is 1.22. The highest BCUT2D eigenvalue weighted by molar-refractivity contribution is 5.38. The third-order valence-corrected chi connectivity index (χ3v) is 1.22. The van der Waals surface area contributed by atoms with Crippen molar-refractivity contribution in [3.63, 3.8) is 0 Å². The minimum Gasteiger partial charge on any atom is -0.0985 e. The first-order valence-electron chi connectivity index (χ1n) is 3.23. The number of rotatable bonds is 3. The second-order valence-electron chi connectivity index (χ2n) is 2.40. The molecule has 10 heavy (non-hydrogen) atoms. The zero-order valence-corrected chi connectivity index (χ0v) is 6.78. The monoisotopic (exact) mass is 134 g/mol. The van der Waals surface area contributed by atoms with E-state index < -0.39 is 0 Å². The van der Waals surface area contributed by atoms with E-state index in [-0.39, 0.29) is 0 Å². The summed E-state index contributed by atoms with van der Waals surface area (Å²) in [4.78, 5) is 0. The van der Waals surface area contributed by atoms with Crippen LogP contribution in [0.25, 0.3) is 0 Å². The molecule has 0 bridgehead atoms. The SMILES string of the molecule is C=CC(=C)/C(C)=C\C(=C)C. The Balaban J connectivity index is 4.33. The molecule has 0 aromatic heterocycles. The van der Waals surface area contributed by atoms with E-state index in [1.165, 1.54) is 0 Å². The van der Waals surface area contributed by atoms with Gasteiger partial charge in [0.1, 0.15) is 0 Å². The summed E-state index contributed by atoms with van der Waals surface area (Å²) in [7, 11) is 0. The van der Waals surface area contributed by atoms with Gasteiger partial charge < -0.3 is 0 Å². The Bertz CT molecular complexity index is 192. The lowest BCUT2D eigenvalue weighted by atomic mass is 10.1. The smallest absolute Gasteiger partial charge is 0.0305 e. The lowest BCUT2D eigenvalue weighted by molar-refractivity contribution is 1.40. The van der Waals surface area contributed by atoms with Gasteiger partial charge in [0.25, 0.3) is 0 Å². The Labute approximate surface area is 63.3 Å². The van der Waals surface area contributed by atoms with E-state index in [4.69, 9.17) is 0 Å². The van der Waals surface area contributed by atoms with Gasteiger partial charge in [0.05, 0.1) is 0 Å². The molecule has 0 heteroatoms. The van der Waals surface area contributed by atoms with Crippen molar-refractivity contribution in [2.75, 3.05) is 0 Å². The van der Waals surface area contributed by atoms with Crippen molar-refractivity contribution >= 4 is 0 Å². The molecule has 0 unspecified atom stereocenters. The average Bonchev–Trinajstić information content (AvgIpc) is 1.85. The van der Waals surface area contributed by atoms with Gasteiger partial charge in [-0.25, -0.2) is 0 Å². The van der Waals surface area contributed by atoms with Gasteiger partial charge in [0.2, 0.25) is 0 Å². The van der Waals surface area contributed by atoms with Gasteiger partial charge >= 0.3 is 0 Å². The Kier molecular flexibility index (Phi) is 3.48. The molecule has 0 atom stereocenters. The van der Waals surface area contributed by atoms with Crippen molar-refractivity contribution in [1.29, 1.82) is 0 Å². The van der Waals surface area contributed by atoms with Crippen molar-refractivity contribution in [2.45, 2.75) is 13.8 Å². The van der Waals surface area contributed by atoms with Crippen LogP contribution in [-0.4, -0.2) is 0 Å². The highest BCUT2D eigenvalue weighted by Crippen LogP contribution is 2.09. The molecule has 0 heterocycles. The third kappa shape index (κ3) is 3.08. The molecule has 0 aromatic rings. The first kappa shape index (κ1) is 8.96. The molecule has 0 nitrogen and oxygen atoms in total. The zero-order valence-electron chi connectivity index (χ0n) is 6.78. The molecule has 0 saturated heterocycles. The van der Waals surface area contributed by atoms with E-state index in [0.717, 1.165) is 16.7 Å². The van der Waals surface area contributed by atoms with Gasteiger partial charge in [-0.1, -0.05) is 37.5 Å². The van der Waals surface area contributed by atoms with Gasteiger partial charge in [-0.15, -0.1) is 0 Å². The van der Waals surface area contributed by atoms with Crippen LogP contribution in [0.4, 0.5) is 0 Å². The maximum atomic E-state index is 3.80. The Hall–Kier alpha value is -1.04. The quantitative estimate of drug-likeness (QED) is 0.520. The normalized spacial score (nSPS) is 10.8. The molecule has 0 aliphatic carbocycles. The van der Waals surface area contributed by atoms with Crippen LogP contribution in [0.5, 0.6) is 0 Å². The molecule has 0 saturated carbocycles. The lowest BCUT2D eigenvalue weighted by Crippen LogP contribution is -1.77. The van der Waals surface area contributed by atoms with E-state index in [1.54, 1.807) is 6.08 Å². The van der Waals surface area contributed by atoms with Gasteiger partial charge in [-0.2, -0.15) is 0 Å². The van der Waals surface area contributed by atoms with Crippen LogP contribution in [-0.2, 0) is 0 Å². The second-order valence-corrected chi connectivity index (χ2v) is 2.40. The first-order valence-corrected chi connectivity index (χ1v) is 3.23. The van der Waals surface area contributed by atoms with Crippen molar-refractivity contribution in [1.82, 2.24) is 0 Å². The summed E-state index contributed by atoms with van der Waals surface area (Å²) in [6.07, 6.45) is 3.73. The summed E-state index contributed by atoms with van der Waals surface area (Å²) in [6.45, 7) is 15.1. The van der Waals surface area contributed by atoms with E-state index in [0.29, 0.717) is 0 Å². The van der Waals surface area contributed by atoms with Gasteiger partial charge in [0, 0.05) is 0 Å². The molecule has 0 radical (unpaired) electrons. The second kappa shape index (κ2) is 3.89. The topological polar surface area (TPSA) is 0 Å². The predicted molar refractivity (Wildman–Crippen MR) is 47.9 cm³/mol. The molecule has 54 valence electrons. The summed E-state index contributed by atoms with van der Waals surface area (Å²) in [6, 6.07) is 0. The van der Waals surface area contributed by atoms with Crippen LogP contribution < -0.4 is 0 Å². The van der Waals surface area contributed by atoms with Gasteiger partial charge in [-0.3, -0.25) is 0 Å². The maximum absolute atomic E-state index is 3.80. The summed E-state index contributed by atoms with van der Waals surface area (Å²) in [5.74, 6) is 0. The highest BCUT2D eigenvalue weighted by atomic mass is 13.9. The van der Waals surface area contributed by atoms with E-state index >= 15 is 0 Å². The molecule has 0 spiro atoms. The van der Waals surface area contributed by atoms with Crippen molar-refractivity contribution in [3.05, 3.63) is 48.6 Å². The molecule has 0 aliphatic rings. The molecule has 0 N–H and O–H groups in total. The van der Waals surface area contributed by atoms with Crippen LogP contribution >= 0.6 is 0 Å². The molecule has 0 amide bonds. The maximum Gasteiger partial charge on any atom is -0.0305 e. The van der Waals surface area contributed by atoms with Crippen molar-refractivity contribution < 1.29 is 0 Å². The predicted octanol–water partition coefficient (Wildman–Crippen LogP) is 3.25. The van der Waals surface area contributed by atoms with Crippen LogP contribution in [0, 0.1) is 0 Å².